The molecule has 7 heteroatoms. The van der Waals surface area contributed by atoms with Crippen LogP contribution in [0, 0.1) is 7.14 Å². The van der Waals surface area contributed by atoms with Crippen LogP contribution in [0.15, 0.2) is 24.3 Å². The van der Waals surface area contributed by atoms with E-state index in [1.807, 2.05) is 0 Å². The molecule has 0 fully saturated rings. The van der Waals surface area contributed by atoms with Crippen LogP contribution in [0.5, 0.6) is 11.5 Å². The molecule has 0 heterocycles. The number of rotatable bonds is 2. The molecule has 2 rings (SSSR count). The summed E-state index contributed by atoms with van der Waals surface area (Å²) < 4.78 is 7.52. The molecule has 0 radical (unpaired) electrons. The number of benzene rings is 2. The van der Waals surface area contributed by atoms with Gasteiger partial charge in [0.25, 0.3) is 0 Å². The number of ether oxygens (including phenoxy) is 1. The van der Waals surface area contributed by atoms with Gasteiger partial charge >= 0.3 is 0 Å². The van der Waals surface area contributed by atoms with Crippen molar-refractivity contribution < 1.29 is 4.74 Å². The molecule has 0 unspecified atom stereocenters. The molecule has 2 aromatic carbocycles. The van der Waals surface area contributed by atoms with Crippen molar-refractivity contribution in [3.63, 3.8) is 0 Å². The van der Waals surface area contributed by atoms with Gasteiger partial charge in [0.2, 0.25) is 0 Å². The maximum absolute atomic E-state index is 5.98. The highest BCUT2D eigenvalue weighted by atomic mass is 127. The molecule has 19 heavy (non-hydrogen) atoms. The summed E-state index contributed by atoms with van der Waals surface area (Å²) >= 11 is 28.1. The van der Waals surface area contributed by atoms with E-state index >= 15 is 0 Å². The predicted octanol–water partition coefficient (Wildman–Crippen LogP) is 7.30. The number of hydrogen-bond donors (Lipinski definition) is 0. The van der Waals surface area contributed by atoms with Gasteiger partial charge in [0.05, 0.1) is 27.2 Å². The standard InChI is InChI=1S/C12H4Cl4I2O/c13-5-1-9(17)11(3-7(5)15)19-12-4-8(16)6(14)2-10(12)18/h1-4H. The van der Waals surface area contributed by atoms with Gasteiger partial charge in [-0.25, -0.2) is 0 Å². The van der Waals surface area contributed by atoms with Crippen LogP contribution in [0.25, 0.3) is 0 Å². The van der Waals surface area contributed by atoms with Crippen molar-refractivity contribution in [2.45, 2.75) is 0 Å². The largest absolute Gasteiger partial charge is 0.455 e. The molecule has 0 N–H and O–H groups in total. The van der Waals surface area contributed by atoms with Gasteiger partial charge in [0.15, 0.2) is 0 Å². The van der Waals surface area contributed by atoms with Crippen LogP contribution < -0.4 is 4.74 Å². The molecule has 0 saturated carbocycles. The molecule has 2 aromatic rings. The minimum atomic E-state index is 0.437. The molecule has 0 atom stereocenters. The number of hydrogen-bond acceptors (Lipinski definition) is 1. The van der Waals surface area contributed by atoms with Crippen molar-refractivity contribution >= 4 is 91.6 Å². The SMILES string of the molecule is Clc1cc(I)c(Oc2cc(Cl)c(Cl)cc2I)cc1Cl. The zero-order valence-corrected chi connectivity index (χ0v) is 16.3. The summed E-state index contributed by atoms with van der Waals surface area (Å²) in [5.74, 6) is 1.23. The van der Waals surface area contributed by atoms with Gasteiger partial charge in [0, 0.05) is 12.1 Å². The second-order valence-electron chi connectivity index (χ2n) is 3.50. The van der Waals surface area contributed by atoms with Crippen molar-refractivity contribution in [2.75, 3.05) is 0 Å². The van der Waals surface area contributed by atoms with Gasteiger partial charge in [0.1, 0.15) is 11.5 Å². The second kappa shape index (κ2) is 6.75. The Hall–Kier alpha value is 0.860. The van der Waals surface area contributed by atoms with Crippen LogP contribution in [0.2, 0.25) is 20.1 Å². The topological polar surface area (TPSA) is 9.23 Å². The van der Waals surface area contributed by atoms with Crippen LogP contribution in [0.3, 0.4) is 0 Å². The Morgan fingerprint density at radius 3 is 1.32 bits per heavy atom. The summed E-state index contributed by atoms with van der Waals surface area (Å²) in [5, 5.41) is 1.85. The van der Waals surface area contributed by atoms with E-state index < -0.39 is 0 Å². The van der Waals surface area contributed by atoms with Crippen molar-refractivity contribution in [3.05, 3.63) is 51.5 Å². The zero-order valence-electron chi connectivity index (χ0n) is 8.99. The first-order valence-electron chi connectivity index (χ1n) is 4.85. The van der Waals surface area contributed by atoms with E-state index in [4.69, 9.17) is 51.1 Å². The quantitative estimate of drug-likeness (QED) is 0.277. The van der Waals surface area contributed by atoms with Crippen molar-refractivity contribution in [2.24, 2.45) is 0 Å². The van der Waals surface area contributed by atoms with E-state index in [0.717, 1.165) is 7.14 Å². The van der Waals surface area contributed by atoms with Crippen LogP contribution in [0.4, 0.5) is 0 Å². The molecule has 1 nitrogen and oxygen atoms in total. The summed E-state index contributed by atoms with van der Waals surface area (Å²) in [7, 11) is 0. The first kappa shape index (κ1) is 16.2. The lowest BCUT2D eigenvalue weighted by molar-refractivity contribution is 0.476. The van der Waals surface area contributed by atoms with Crippen LogP contribution in [0.1, 0.15) is 0 Å². The highest BCUT2D eigenvalue weighted by Gasteiger charge is 2.11. The van der Waals surface area contributed by atoms with Gasteiger partial charge < -0.3 is 4.74 Å². The Bertz CT molecular complexity index is 591. The fourth-order valence-electron chi connectivity index (χ4n) is 1.28. The first-order chi connectivity index (χ1) is 8.88. The molecule has 0 saturated heterocycles. The molecule has 0 aliphatic rings. The smallest absolute Gasteiger partial charge is 0.142 e. The zero-order chi connectivity index (χ0) is 14.2. The van der Waals surface area contributed by atoms with Crippen molar-refractivity contribution in [1.29, 1.82) is 0 Å². The molecular formula is C12H4Cl4I2O. The summed E-state index contributed by atoms with van der Waals surface area (Å²) in [6.07, 6.45) is 0. The second-order valence-corrected chi connectivity index (χ2v) is 7.45. The average molecular weight is 560 g/mol. The Kier molecular flexibility index (Phi) is 5.77. The predicted molar refractivity (Wildman–Crippen MR) is 98.4 cm³/mol. The van der Waals surface area contributed by atoms with Crippen molar-refractivity contribution in [1.82, 2.24) is 0 Å². The van der Waals surface area contributed by atoms with E-state index in [1.54, 1.807) is 24.3 Å². The highest BCUT2D eigenvalue weighted by Crippen LogP contribution is 2.38. The lowest BCUT2D eigenvalue weighted by Crippen LogP contribution is -1.91. The maximum Gasteiger partial charge on any atom is 0.142 e. The van der Waals surface area contributed by atoms with Gasteiger partial charge in [-0.05, 0) is 57.3 Å². The average Bonchev–Trinajstić information content (AvgIpc) is 2.32. The minimum absolute atomic E-state index is 0.437. The third kappa shape index (κ3) is 3.95. The summed E-state index contributed by atoms with van der Waals surface area (Å²) in [4.78, 5) is 0. The molecule has 100 valence electrons. The lowest BCUT2D eigenvalue weighted by Gasteiger charge is -2.11. The Balaban J connectivity index is 2.42. The summed E-state index contributed by atoms with van der Waals surface area (Å²) in [5.41, 5.74) is 0. The molecule has 0 aliphatic heterocycles. The van der Waals surface area contributed by atoms with Gasteiger partial charge in [-0.1, -0.05) is 46.4 Å². The van der Waals surface area contributed by atoms with E-state index in [2.05, 4.69) is 45.2 Å². The van der Waals surface area contributed by atoms with Crippen molar-refractivity contribution in [3.8, 4) is 11.5 Å². The fraction of sp³-hybridized carbons (Fsp3) is 0. The molecule has 0 amide bonds. The monoisotopic (exact) mass is 558 g/mol. The normalized spacial score (nSPS) is 10.6. The van der Waals surface area contributed by atoms with Crippen LogP contribution in [-0.2, 0) is 0 Å². The third-order valence-electron chi connectivity index (χ3n) is 2.17. The molecule has 0 spiro atoms. The van der Waals surface area contributed by atoms with Gasteiger partial charge in [-0.2, -0.15) is 0 Å². The third-order valence-corrected chi connectivity index (χ3v) is 5.30. The van der Waals surface area contributed by atoms with Crippen LogP contribution in [-0.4, -0.2) is 0 Å². The van der Waals surface area contributed by atoms with E-state index in [9.17, 15) is 0 Å². The number of halogens is 6. The lowest BCUT2D eigenvalue weighted by atomic mass is 10.3. The van der Waals surface area contributed by atoms with Crippen LogP contribution >= 0.6 is 91.6 Å². The first-order valence-corrected chi connectivity index (χ1v) is 8.52. The van der Waals surface area contributed by atoms with E-state index in [1.165, 1.54) is 0 Å². The molecule has 0 aliphatic carbocycles. The van der Waals surface area contributed by atoms with E-state index in [0.29, 0.717) is 31.6 Å². The Morgan fingerprint density at radius 2 is 0.947 bits per heavy atom. The molecular weight excluding hydrogens is 556 g/mol. The molecule has 0 bridgehead atoms. The summed E-state index contributed by atoms with van der Waals surface area (Å²) in [6, 6.07) is 6.82. The summed E-state index contributed by atoms with van der Waals surface area (Å²) in [6.45, 7) is 0. The highest BCUT2D eigenvalue weighted by molar-refractivity contribution is 14.1. The fourth-order valence-corrected chi connectivity index (χ4v) is 3.44. The van der Waals surface area contributed by atoms with E-state index in [-0.39, 0.29) is 0 Å². The van der Waals surface area contributed by atoms with Gasteiger partial charge in [-0.15, -0.1) is 0 Å². The molecule has 0 aromatic heterocycles. The maximum atomic E-state index is 5.98. The Morgan fingerprint density at radius 1 is 0.632 bits per heavy atom. The minimum Gasteiger partial charge on any atom is -0.455 e. The van der Waals surface area contributed by atoms with Gasteiger partial charge in [-0.3, -0.25) is 0 Å². The Labute approximate surface area is 157 Å².